The van der Waals surface area contributed by atoms with Crippen LogP contribution in [0.2, 0.25) is 0 Å². The molecule has 2 heterocycles. The molecule has 2 N–H and O–H groups in total. The SMILES string of the molecule is O=C1NC2NC(=O)N(CCCS)C2N1CCCS. The van der Waals surface area contributed by atoms with Crippen LogP contribution in [0, 0.1) is 0 Å². The molecular weight excluding hydrogens is 272 g/mol. The van der Waals surface area contributed by atoms with Crippen molar-refractivity contribution in [2.24, 2.45) is 0 Å². The van der Waals surface area contributed by atoms with E-state index < -0.39 is 0 Å². The molecule has 2 rings (SSSR count). The number of urea groups is 2. The first-order chi connectivity index (χ1) is 8.69. The predicted octanol–water partition coefficient (Wildman–Crippen LogP) is 0.329. The fraction of sp³-hybridized carbons (Fsp3) is 0.800. The van der Waals surface area contributed by atoms with Crippen molar-refractivity contribution >= 4 is 37.3 Å². The third kappa shape index (κ3) is 2.49. The van der Waals surface area contributed by atoms with Crippen LogP contribution in [0.15, 0.2) is 0 Å². The normalized spacial score (nSPS) is 26.3. The minimum atomic E-state index is -0.301. The molecule has 0 bridgehead atoms. The van der Waals surface area contributed by atoms with Gasteiger partial charge in [0.15, 0.2) is 0 Å². The second-order valence-corrected chi connectivity index (χ2v) is 5.23. The van der Waals surface area contributed by atoms with Crippen LogP contribution in [0.1, 0.15) is 12.8 Å². The number of nitrogens with one attached hydrogen (secondary N) is 2. The van der Waals surface area contributed by atoms with E-state index in [1.807, 2.05) is 0 Å². The lowest BCUT2D eigenvalue weighted by Gasteiger charge is -2.29. The molecular formula is C10H18N4O2S2. The van der Waals surface area contributed by atoms with Crippen molar-refractivity contribution < 1.29 is 9.59 Å². The summed E-state index contributed by atoms with van der Waals surface area (Å²) in [5.74, 6) is 1.44. The van der Waals surface area contributed by atoms with Crippen LogP contribution in [0.4, 0.5) is 9.59 Å². The van der Waals surface area contributed by atoms with E-state index in [0.717, 1.165) is 24.3 Å². The van der Waals surface area contributed by atoms with Crippen molar-refractivity contribution in [1.82, 2.24) is 20.4 Å². The number of carbonyl (C=O) groups is 2. The van der Waals surface area contributed by atoms with E-state index in [0.29, 0.717) is 13.1 Å². The molecule has 2 aliphatic rings. The summed E-state index contributed by atoms with van der Waals surface area (Å²) in [5, 5.41) is 5.56. The van der Waals surface area contributed by atoms with Crippen LogP contribution in [-0.2, 0) is 0 Å². The minimum Gasteiger partial charge on any atom is -0.314 e. The van der Waals surface area contributed by atoms with E-state index in [1.54, 1.807) is 9.80 Å². The topological polar surface area (TPSA) is 64.7 Å². The summed E-state index contributed by atoms with van der Waals surface area (Å²) < 4.78 is 0. The van der Waals surface area contributed by atoms with Crippen LogP contribution in [0.3, 0.4) is 0 Å². The van der Waals surface area contributed by atoms with Gasteiger partial charge in [0.1, 0.15) is 12.3 Å². The average Bonchev–Trinajstić information content (AvgIpc) is 2.79. The van der Waals surface area contributed by atoms with Gasteiger partial charge in [0.2, 0.25) is 0 Å². The largest absolute Gasteiger partial charge is 0.320 e. The summed E-state index contributed by atoms with van der Waals surface area (Å²) in [5.41, 5.74) is 0. The van der Waals surface area contributed by atoms with E-state index in [-0.39, 0.29) is 24.4 Å². The van der Waals surface area contributed by atoms with Crippen LogP contribution in [-0.4, -0.2) is 58.8 Å². The first kappa shape index (κ1) is 13.7. The molecule has 0 aliphatic carbocycles. The first-order valence-corrected chi connectivity index (χ1v) is 7.31. The van der Waals surface area contributed by atoms with Gasteiger partial charge in [-0.3, -0.25) is 0 Å². The summed E-state index contributed by atoms with van der Waals surface area (Å²) >= 11 is 8.30. The van der Waals surface area contributed by atoms with Gasteiger partial charge in [0, 0.05) is 13.1 Å². The van der Waals surface area contributed by atoms with Gasteiger partial charge in [-0.2, -0.15) is 25.3 Å². The van der Waals surface area contributed by atoms with Gasteiger partial charge >= 0.3 is 12.1 Å². The van der Waals surface area contributed by atoms with Gasteiger partial charge < -0.3 is 20.4 Å². The third-order valence-electron chi connectivity index (χ3n) is 3.13. The molecule has 0 unspecified atom stereocenters. The summed E-state index contributed by atoms with van der Waals surface area (Å²) in [6.45, 7) is 1.23. The Kier molecular flexibility index (Phi) is 4.50. The summed E-state index contributed by atoms with van der Waals surface area (Å²) in [4.78, 5) is 27.0. The zero-order valence-electron chi connectivity index (χ0n) is 10.0. The van der Waals surface area contributed by atoms with Crippen molar-refractivity contribution in [3.05, 3.63) is 0 Å². The van der Waals surface area contributed by atoms with E-state index in [1.165, 1.54) is 0 Å². The highest BCUT2D eigenvalue weighted by molar-refractivity contribution is 7.80. The Morgan fingerprint density at radius 2 is 1.39 bits per heavy atom. The Morgan fingerprint density at radius 3 is 1.78 bits per heavy atom. The predicted molar refractivity (Wildman–Crippen MR) is 75.0 cm³/mol. The summed E-state index contributed by atoms with van der Waals surface area (Å²) in [7, 11) is 0. The van der Waals surface area contributed by atoms with Crippen LogP contribution >= 0.6 is 25.3 Å². The van der Waals surface area contributed by atoms with E-state index in [2.05, 4.69) is 35.9 Å². The number of carbonyl (C=O) groups excluding carboxylic acids is 2. The number of fused-ring (bicyclic) bond motifs is 1. The Hall–Kier alpha value is -0.760. The zero-order chi connectivity index (χ0) is 13.1. The Labute approximate surface area is 117 Å². The maximum Gasteiger partial charge on any atom is 0.320 e. The maximum absolute atomic E-state index is 11.8. The molecule has 0 saturated carbocycles. The number of rotatable bonds is 6. The molecule has 0 spiro atoms. The number of thiol groups is 2. The lowest BCUT2D eigenvalue weighted by Crippen LogP contribution is -2.47. The number of hydrogen-bond acceptors (Lipinski definition) is 4. The maximum atomic E-state index is 11.8. The third-order valence-corrected chi connectivity index (χ3v) is 3.76. The second kappa shape index (κ2) is 5.92. The second-order valence-electron chi connectivity index (χ2n) is 4.33. The highest BCUT2D eigenvalue weighted by Crippen LogP contribution is 2.22. The van der Waals surface area contributed by atoms with Crippen molar-refractivity contribution in [3.63, 3.8) is 0 Å². The lowest BCUT2D eigenvalue weighted by molar-refractivity contribution is 0.129. The van der Waals surface area contributed by atoms with Gasteiger partial charge in [0.05, 0.1) is 0 Å². The smallest absolute Gasteiger partial charge is 0.314 e. The standard InChI is InChI=1S/C10H18N4O2S2/c15-9-11-7-8(13(9)3-1-5-17)14(4-2-6-18)10(16)12-7/h7-8,17-18H,1-6H2,(H,11,15)(H,12,16). The molecule has 0 radical (unpaired) electrons. The van der Waals surface area contributed by atoms with Crippen LogP contribution < -0.4 is 10.6 Å². The van der Waals surface area contributed by atoms with E-state index >= 15 is 0 Å². The number of nitrogens with zero attached hydrogens (tertiary/aromatic N) is 2. The van der Waals surface area contributed by atoms with Crippen molar-refractivity contribution in [2.75, 3.05) is 24.6 Å². The zero-order valence-corrected chi connectivity index (χ0v) is 11.8. The van der Waals surface area contributed by atoms with E-state index in [4.69, 9.17) is 0 Å². The summed E-state index contributed by atoms with van der Waals surface area (Å²) in [6.07, 6.45) is 1.11. The molecule has 2 fully saturated rings. The highest BCUT2D eigenvalue weighted by Gasteiger charge is 2.49. The van der Waals surface area contributed by atoms with Gasteiger partial charge in [-0.25, -0.2) is 9.59 Å². The molecule has 6 nitrogen and oxygen atoms in total. The molecule has 2 saturated heterocycles. The molecule has 0 aromatic rings. The van der Waals surface area contributed by atoms with Crippen LogP contribution in [0.5, 0.6) is 0 Å². The average molecular weight is 290 g/mol. The van der Waals surface area contributed by atoms with Crippen molar-refractivity contribution in [2.45, 2.75) is 25.2 Å². The quantitative estimate of drug-likeness (QED) is 0.533. The van der Waals surface area contributed by atoms with Crippen molar-refractivity contribution in [3.8, 4) is 0 Å². The lowest BCUT2D eigenvalue weighted by atomic mass is 10.3. The minimum absolute atomic E-state index is 0.123. The molecule has 2 aliphatic heterocycles. The molecule has 0 aromatic heterocycles. The monoisotopic (exact) mass is 290 g/mol. The van der Waals surface area contributed by atoms with Gasteiger partial charge in [0.25, 0.3) is 0 Å². The Morgan fingerprint density at radius 1 is 0.944 bits per heavy atom. The first-order valence-electron chi connectivity index (χ1n) is 6.05. The number of amides is 4. The molecule has 102 valence electrons. The van der Waals surface area contributed by atoms with E-state index in [9.17, 15) is 9.59 Å². The Bertz CT molecular complexity index is 312. The molecule has 8 heteroatoms. The van der Waals surface area contributed by atoms with Gasteiger partial charge in [-0.15, -0.1) is 0 Å². The van der Waals surface area contributed by atoms with Gasteiger partial charge in [-0.05, 0) is 24.3 Å². The highest BCUT2D eigenvalue weighted by atomic mass is 32.1. The van der Waals surface area contributed by atoms with Gasteiger partial charge in [-0.1, -0.05) is 0 Å². The fourth-order valence-corrected chi connectivity index (χ4v) is 2.62. The Balaban J connectivity index is 2.06. The molecule has 0 atom stereocenters. The summed E-state index contributed by atoms with van der Waals surface area (Å²) in [6, 6.07) is -0.245. The van der Waals surface area contributed by atoms with Crippen molar-refractivity contribution in [1.29, 1.82) is 0 Å². The fourth-order valence-electron chi connectivity index (χ4n) is 2.34. The molecule has 4 amide bonds. The molecule has 18 heavy (non-hydrogen) atoms. The molecule has 0 aromatic carbocycles. The van der Waals surface area contributed by atoms with Crippen LogP contribution in [0.25, 0.3) is 0 Å². The number of hydrogen-bond donors (Lipinski definition) is 4.